The number of rotatable bonds is 5. The topological polar surface area (TPSA) is 21.7 Å². The molecule has 1 aromatic rings. The maximum Gasteiger partial charge on any atom is 0.209 e. The summed E-state index contributed by atoms with van der Waals surface area (Å²) in [6, 6.07) is 8.28. The molecule has 0 spiro atoms. The Labute approximate surface area is 121 Å². The van der Waals surface area contributed by atoms with E-state index in [0.29, 0.717) is 0 Å². The van der Waals surface area contributed by atoms with Crippen LogP contribution < -0.4 is 0 Å². The number of halogens is 1. The molecule has 0 saturated heterocycles. The number of benzene rings is 1. The van der Waals surface area contributed by atoms with E-state index >= 15 is 0 Å². The van der Waals surface area contributed by atoms with Crippen LogP contribution in [0.4, 0.5) is 0 Å². The summed E-state index contributed by atoms with van der Waals surface area (Å²) >= 11 is 5.25. The predicted molar refractivity (Wildman–Crippen MR) is 78.0 cm³/mol. The summed E-state index contributed by atoms with van der Waals surface area (Å²) in [6.07, 6.45) is 1.11. The minimum Gasteiger partial charge on any atom is -0.348 e. The first-order chi connectivity index (χ1) is 8.75. The largest absolute Gasteiger partial charge is 0.348 e. The molecule has 18 heavy (non-hydrogen) atoms. The van der Waals surface area contributed by atoms with Gasteiger partial charge in [-0.25, -0.2) is 4.31 Å². The van der Waals surface area contributed by atoms with Crippen LogP contribution >= 0.6 is 27.9 Å². The van der Waals surface area contributed by atoms with Crippen molar-refractivity contribution in [3.8, 4) is 0 Å². The zero-order valence-electron chi connectivity index (χ0n) is 10.7. The standard InChI is InChI=1S/C13H18BrNO2S/c1-16-13(17-2)10-15(9-5-8-14)18-12-7-4-3-6-11(12)13/h3-4,6-7H,5,8-10H2,1-2H3. The molecule has 1 heterocycles. The molecule has 0 aromatic heterocycles. The summed E-state index contributed by atoms with van der Waals surface area (Å²) in [5, 5.41) is 1.01. The smallest absolute Gasteiger partial charge is 0.209 e. The Morgan fingerprint density at radius 2 is 2.06 bits per heavy atom. The molecule has 100 valence electrons. The molecule has 3 nitrogen and oxygen atoms in total. The molecule has 1 aromatic carbocycles. The third-order valence-electron chi connectivity index (χ3n) is 3.11. The van der Waals surface area contributed by atoms with Gasteiger partial charge in [0.15, 0.2) is 0 Å². The van der Waals surface area contributed by atoms with Crippen molar-refractivity contribution in [3.63, 3.8) is 0 Å². The fraction of sp³-hybridized carbons (Fsp3) is 0.538. The minimum absolute atomic E-state index is 0.645. The Morgan fingerprint density at radius 3 is 2.72 bits per heavy atom. The Morgan fingerprint density at radius 1 is 1.33 bits per heavy atom. The van der Waals surface area contributed by atoms with E-state index in [9.17, 15) is 0 Å². The monoisotopic (exact) mass is 331 g/mol. The van der Waals surface area contributed by atoms with E-state index < -0.39 is 5.79 Å². The number of fused-ring (bicyclic) bond motifs is 1. The molecule has 0 aliphatic carbocycles. The van der Waals surface area contributed by atoms with Crippen LogP contribution in [0.3, 0.4) is 0 Å². The zero-order valence-corrected chi connectivity index (χ0v) is 13.1. The fourth-order valence-electron chi connectivity index (χ4n) is 2.14. The summed E-state index contributed by atoms with van der Waals surface area (Å²) in [4.78, 5) is 1.21. The summed E-state index contributed by atoms with van der Waals surface area (Å²) in [5.41, 5.74) is 1.12. The van der Waals surface area contributed by atoms with Crippen molar-refractivity contribution in [2.45, 2.75) is 17.1 Å². The Kier molecular flexibility index (Phi) is 5.09. The van der Waals surface area contributed by atoms with Crippen LogP contribution in [0.15, 0.2) is 29.2 Å². The second kappa shape index (κ2) is 6.39. The highest BCUT2D eigenvalue weighted by molar-refractivity contribution is 9.09. The third-order valence-corrected chi connectivity index (χ3v) is 4.79. The van der Waals surface area contributed by atoms with Gasteiger partial charge in [0, 0.05) is 36.6 Å². The maximum absolute atomic E-state index is 5.68. The third kappa shape index (κ3) is 2.75. The Balaban J connectivity index is 2.29. The van der Waals surface area contributed by atoms with Gasteiger partial charge in [-0.15, -0.1) is 0 Å². The summed E-state index contributed by atoms with van der Waals surface area (Å²) in [7, 11) is 3.41. The number of nitrogens with zero attached hydrogens (tertiary/aromatic N) is 1. The maximum atomic E-state index is 5.68. The molecule has 1 aliphatic rings. The number of methoxy groups -OCH3 is 2. The number of ether oxygens (including phenoxy) is 2. The first-order valence-electron chi connectivity index (χ1n) is 5.94. The quantitative estimate of drug-likeness (QED) is 0.469. The van der Waals surface area contributed by atoms with Gasteiger partial charge in [0.1, 0.15) is 0 Å². The first-order valence-corrected chi connectivity index (χ1v) is 7.84. The fourth-order valence-corrected chi connectivity index (χ4v) is 3.59. The lowest BCUT2D eigenvalue weighted by Crippen LogP contribution is -2.45. The van der Waals surface area contributed by atoms with Gasteiger partial charge in [-0.2, -0.15) is 0 Å². The normalized spacial score (nSPS) is 18.6. The Hall–Kier alpha value is -0.0700. The molecule has 0 unspecified atom stereocenters. The highest BCUT2D eigenvalue weighted by Crippen LogP contribution is 2.42. The Bertz CT molecular complexity index is 398. The zero-order chi connectivity index (χ0) is 13.0. The molecule has 0 N–H and O–H groups in total. The van der Waals surface area contributed by atoms with Crippen LogP contribution in [-0.4, -0.2) is 36.9 Å². The van der Waals surface area contributed by atoms with Crippen LogP contribution in [0.5, 0.6) is 0 Å². The van der Waals surface area contributed by atoms with Gasteiger partial charge >= 0.3 is 0 Å². The average molecular weight is 332 g/mol. The lowest BCUT2D eigenvalue weighted by molar-refractivity contribution is -0.222. The van der Waals surface area contributed by atoms with Crippen LogP contribution in [0.1, 0.15) is 12.0 Å². The second-order valence-corrected chi connectivity index (χ2v) is 6.09. The van der Waals surface area contributed by atoms with Gasteiger partial charge in [-0.05, 0) is 24.4 Å². The highest BCUT2D eigenvalue weighted by atomic mass is 79.9. The number of hydrogen-bond donors (Lipinski definition) is 0. The van der Waals surface area contributed by atoms with Gasteiger partial charge in [0.05, 0.1) is 6.54 Å². The van der Waals surface area contributed by atoms with E-state index in [0.717, 1.165) is 30.4 Å². The van der Waals surface area contributed by atoms with Gasteiger partial charge in [-0.3, -0.25) is 0 Å². The van der Waals surface area contributed by atoms with Crippen LogP contribution in [0, 0.1) is 0 Å². The van der Waals surface area contributed by atoms with Gasteiger partial charge < -0.3 is 9.47 Å². The van der Waals surface area contributed by atoms with Crippen LogP contribution in [0.2, 0.25) is 0 Å². The SMILES string of the molecule is COC1(OC)CN(CCCBr)Sc2ccccc21. The molecular weight excluding hydrogens is 314 g/mol. The minimum atomic E-state index is -0.645. The summed E-state index contributed by atoms with van der Waals surface area (Å²) in [6.45, 7) is 1.76. The van der Waals surface area contributed by atoms with Crippen molar-refractivity contribution in [1.29, 1.82) is 0 Å². The number of alkyl halides is 1. The van der Waals surface area contributed by atoms with Gasteiger partial charge in [0.25, 0.3) is 0 Å². The van der Waals surface area contributed by atoms with E-state index in [2.05, 4.69) is 38.4 Å². The van der Waals surface area contributed by atoms with Crippen molar-refractivity contribution >= 4 is 27.9 Å². The molecule has 5 heteroatoms. The van der Waals surface area contributed by atoms with Crippen molar-refractivity contribution in [2.24, 2.45) is 0 Å². The van der Waals surface area contributed by atoms with Crippen LogP contribution in [-0.2, 0) is 15.3 Å². The summed E-state index contributed by atoms with van der Waals surface area (Å²) in [5.74, 6) is -0.645. The van der Waals surface area contributed by atoms with E-state index in [4.69, 9.17) is 9.47 Å². The number of hydrogen-bond acceptors (Lipinski definition) is 4. The average Bonchev–Trinajstić information content (AvgIpc) is 2.44. The lowest BCUT2D eigenvalue weighted by Gasteiger charge is -2.41. The molecule has 1 aliphatic heterocycles. The first kappa shape index (κ1) is 14.3. The molecule has 0 amide bonds. The van der Waals surface area contributed by atoms with Crippen molar-refractivity contribution < 1.29 is 9.47 Å². The molecule has 2 rings (SSSR count). The lowest BCUT2D eigenvalue weighted by atomic mass is 10.0. The van der Waals surface area contributed by atoms with Crippen molar-refractivity contribution in [1.82, 2.24) is 4.31 Å². The van der Waals surface area contributed by atoms with Crippen molar-refractivity contribution in [3.05, 3.63) is 29.8 Å². The van der Waals surface area contributed by atoms with E-state index in [1.54, 1.807) is 26.2 Å². The predicted octanol–water partition coefficient (Wildman–Crippen LogP) is 3.24. The summed E-state index contributed by atoms with van der Waals surface area (Å²) < 4.78 is 13.7. The molecule has 0 atom stereocenters. The van der Waals surface area contributed by atoms with E-state index in [1.807, 2.05) is 6.07 Å². The van der Waals surface area contributed by atoms with E-state index in [-0.39, 0.29) is 0 Å². The van der Waals surface area contributed by atoms with Crippen molar-refractivity contribution in [2.75, 3.05) is 32.6 Å². The molecule has 0 bridgehead atoms. The van der Waals surface area contributed by atoms with E-state index in [1.165, 1.54) is 4.90 Å². The van der Waals surface area contributed by atoms with Crippen LogP contribution in [0.25, 0.3) is 0 Å². The molecular formula is C13H18BrNO2S. The molecule has 0 fully saturated rings. The van der Waals surface area contributed by atoms with Gasteiger partial charge in [0.2, 0.25) is 5.79 Å². The molecule has 0 saturated carbocycles. The molecule has 0 radical (unpaired) electrons. The second-order valence-electron chi connectivity index (χ2n) is 4.15. The highest BCUT2D eigenvalue weighted by Gasteiger charge is 2.40. The van der Waals surface area contributed by atoms with Gasteiger partial charge in [-0.1, -0.05) is 34.1 Å².